The van der Waals surface area contributed by atoms with E-state index >= 15 is 0 Å². The van der Waals surface area contributed by atoms with Crippen molar-refractivity contribution in [2.75, 3.05) is 32.1 Å². The number of nitrogens with one attached hydrogen (secondary N) is 5. The molecule has 1 saturated heterocycles. The first kappa shape index (κ1) is 36.9. The maximum Gasteiger partial charge on any atom is 0.251 e. The molecule has 7 N–H and O–H groups in total. The zero-order valence-corrected chi connectivity index (χ0v) is 30.0. The van der Waals surface area contributed by atoms with E-state index in [1.54, 1.807) is 19.2 Å². The summed E-state index contributed by atoms with van der Waals surface area (Å²) >= 11 is 0. The Bertz CT molecular complexity index is 1810. The molecule has 0 spiro atoms. The molecule has 274 valence electrons. The summed E-state index contributed by atoms with van der Waals surface area (Å²) in [5.74, 6) is 1.03. The van der Waals surface area contributed by atoms with Crippen LogP contribution in [0.15, 0.2) is 66.7 Å². The summed E-state index contributed by atoms with van der Waals surface area (Å²) in [6.07, 6.45) is 5.56. The molecule has 1 aromatic heterocycles. The molecule has 12 heteroatoms. The molecule has 1 atom stereocenters. The van der Waals surface area contributed by atoms with Gasteiger partial charge in [0.1, 0.15) is 12.6 Å². The third kappa shape index (κ3) is 9.49. The van der Waals surface area contributed by atoms with Gasteiger partial charge in [-0.15, -0.1) is 0 Å². The number of ether oxygens (including phenoxy) is 1. The van der Waals surface area contributed by atoms with Crippen LogP contribution in [0.3, 0.4) is 0 Å². The molecule has 6 rings (SSSR count). The molecule has 1 saturated carbocycles. The summed E-state index contributed by atoms with van der Waals surface area (Å²) in [4.78, 5) is 44.6. The highest BCUT2D eigenvalue weighted by molar-refractivity contribution is 5.98. The number of rotatable bonds is 13. The zero-order valence-electron chi connectivity index (χ0n) is 30.0. The Hall–Kier alpha value is -4.91. The van der Waals surface area contributed by atoms with Gasteiger partial charge in [-0.1, -0.05) is 30.3 Å². The van der Waals surface area contributed by atoms with Crippen molar-refractivity contribution in [2.24, 2.45) is 17.6 Å². The molecule has 2 heterocycles. The lowest BCUT2D eigenvalue weighted by Gasteiger charge is -2.28. The van der Waals surface area contributed by atoms with Crippen molar-refractivity contribution in [3.8, 4) is 22.5 Å². The highest BCUT2D eigenvalue weighted by Crippen LogP contribution is 2.29. The molecular formula is C40H50N8O4. The van der Waals surface area contributed by atoms with Crippen LogP contribution in [0.5, 0.6) is 0 Å². The number of aromatic amines is 1. The van der Waals surface area contributed by atoms with Gasteiger partial charge in [0.2, 0.25) is 11.8 Å². The highest BCUT2D eigenvalue weighted by atomic mass is 16.5. The number of hydrogen-bond acceptors (Lipinski definition) is 8. The predicted octanol–water partition coefficient (Wildman–Crippen LogP) is 4.51. The summed E-state index contributed by atoms with van der Waals surface area (Å²) in [6.45, 7) is 4.82. The Labute approximate surface area is 305 Å². The van der Waals surface area contributed by atoms with Crippen molar-refractivity contribution in [2.45, 2.75) is 70.6 Å². The molecule has 3 amide bonds. The Morgan fingerprint density at radius 2 is 1.63 bits per heavy atom. The largest absolute Gasteiger partial charge is 0.377 e. The second-order valence-corrected chi connectivity index (χ2v) is 14.0. The smallest absolute Gasteiger partial charge is 0.251 e. The van der Waals surface area contributed by atoms with E-state index < -0.39 is 6.04 Å². The van der Waals surface area contributed by atoms with Crippen molar-refractivity contribution < 1.29 is 19.1 Å². The Morgan fingerprint density at radius 3 is 2.31 bits per heavy atom. The van der Waals surface area contributed by atoms with Crippen molar-refractivity contribution in [3.05, 3.63) is 89.2 Å². The lowest BCUT2D eigenvalue weighted by Crippen LogP contribution is -2.48. The fraction of sp³-hybridized carbons (Fsp3) is 0.425. The van der Waals surface area contributed by atoms with E-state index in [-0.39, 0.29) is 29.7 Å². The molecule has 2 fully saturated rings. The number of nitrogens with two attached hydrogens (primary N) is 1. The normalized spacial score (nSPS) is 18.4. The van der Waals surface area contributed by atoms with Gasteiger partial charge in [0, 0.05) is 42.3 Å². The summed E-state index contributed by atoms with van der Waals surface area (Å²) in [5.41, 5.74) is 11.9. The van der Waals surface area contributed by atoms with E-state index in [1.165, 1.54) is 0 Å². The van der Waals surface area contributed by atoms with E-state index in [1.807, 2.05) is 61.5 Å². The molecular weight excluding hydrogens is 656 g/mol. The SMILES string of the molecule is COCc1nc(-c2ccc(NC(=O)[C@H](Cc3ccc(-c4ccc(C(=O)NC5CCNCC5)cc4C)cc3)NC(=O)C3CCC(CN)CC3)cc2)n[nH]1. The van der Waals surface area contributed by atoms with E-state index in [4.69, 9.17) is 10.5 Å². The second-order valence-electron chi connectivity index (χ2n) is 14.0. The Kier molecular flexibility index (Phi) is 12.4. The summed E-state index contributed by atoms with van der Waals surface area (Å²) < 4.78 is 5.11. The molecule has 2 aliphatic rings. The number of anilines is 1. The van der Waals surface area contributed by atoms with Crippen LogP contribution in [0, 0.1) is 18.8 Å². The van der Waals surface area contributed by atoms with Gasteiger partial charge in [0.15, 0.2) is 11.6 Å². The Morgan fingerprint density at radius 1 is 0.923 bits per heavy atom. The van der Waals surface area contributed by atoms with Gasteiger partial charge in [-0.25, -0.2) is 4.98 Å². The minimum atomic E-state index is -0.783. The zero-order chi connectivity index (χ0) is 36.5. The molecule has 1 aliphatic heterocycles. The molecule has 3 aromatic carbocycles. The van der Waals surface area contributed by atoms with Crippen LogP contribution in [0.2, 0.25) is 0 Å². The average Bonchev–Trinajstić information content (AvgIpc) is 3.64. The summed E-state index contributed by atoms with van der Waals surface area (Å²) in [7, 11) is 1.59. The highest BCUT2D eigenvalue weighted by Gasteiger charge is 2.29. The van der Waals surface area contributed by atoms with Crippen LogP contribution >= 0.6 is 0 Å². The van der Waals surface area contributed by atoms with Crippen LogP contribution in [0.4, 0.5) is 5.69 Å². The van der Waals surface area contributed by atoms with Gasteiger partial charge in [-0.3, -0.25) is 19.5 Å². The number of nitrogens with zero attached hydrogens (tertiary/aromatic N) is 2. The first-order valence-corrected chi connectivity index (χ1v) is 18.3. The van der Waals surface area contributed by atoms with Crippen LogP contribution in [0.1, 0.15) is 65.8 Å². The first-order valence-electron chi connectivity index (χ1n) is 18.3. The average molecular weight is 707 g/mol. The topological polar surface area (TPSA) is 176 Å². The number of H-pyrrole nitrogens is 1. The third-order valence-electron chi connectivity index (χ3n) is 10.3. The quantitative estimate of drug-likeness (QED) is 0.118. The number of carbonyl (C=O) groups is 3. The van der Waals surface area contributed by atoms with Crippen LogP contribution in [0.25, 0.3) is 22.5 Å². The number of piperidine rings is 1. The van der Waals surface area contributed by atoms with Crippen LogP contribution in [-0.4, -0.2) is 71.7 Å². The number of amides is 3. The summed E-state index contributed by atoms with van der Waals surface area (Å²) in [5, 5.41) is 19.7. The van der Waals surface area contributed by atoms with Gasteiger partial charge in [0.05, 0.1) is 0 Å². The molecule has 0 bridgehead atoms. The molecule has 52 heavy (non-hydrogen) atoms. The van der Waals surface area contributed by atoms with Crippen LogP contribution in [-0.2, 0) is 27.4 Å². The second kappa shape index (κ2) is 17.5. The number of benzene rings is 3. The maximum absolute atomic E-state index is 13.8. The van der Waals surface area contributed by atoms with Crippen molar-refractivity contribution in [1.82, 2.24) is 31.1 Å². The monoisotopic (exact) mass is 706 g/mol. The molecule has 4 aromatic rings. The van der Waals surface area contributed by atoms with Gasteiger partial charge in [0.25, 0.3) is 5.91 Å². The maximum atomic E-state index is 13.8. The lowest BCUT2D eigenvalue weighted by molar-refractivity contribution is -0.130. The van der Waals surface area contributed by atoms with Crippen molar-refractivity contribution in [3.63, 3.8) is 0 Å². The number of aryl methyl sites for hydroxylation is 1. The number of hydrogen-bond donors (Lipinski definition) is 6. The van der Waals surface area contributed by atoms with E-state index in [2.05, 4.69) is 36.4 Å². The minimum Gasteiger partial charge on any atom is -0.377 e. The summed E-state index contributed by atoms with van der Waals surface area (Å²) in [6, 6.07) is 20.5. The molecule has 12 nitrogen and oxygen atoms in total. The number of aromatic nitrogens is 3. The Balaban J connectivity index is 1.13. The first-order chi connectivity index (χ1) is 25.3. The molecule has 0 unspecified atom stereocenters. The number of methoxy groups -OCH3 is 1. The van der Waals surface area contributed by atoms with Crippen molar-refractivity contribution >= 4 is 23.4 Å². The third-order valence-corrected chi connectivity index (χ3v) is 10.3. The van der Waals surface area contributed by atoms with Gasteiger partial charge >= 0.3 is 0 Å². The van der Waals surface area contributed by atoms with E-state index in [0.717, 1.165) is 79.4 Å². The standard InChI is InChI=1S/C40H50N8O4/c1-25-21-31(39(50)43-33-17-19-42-20-18-33)13-16-34(25)28-7-3-26(4-8-28)22-35(45-38(49)30-9-5-27(23-41)6-10-30)40(51)44-32-14-11-29(12-15-32)37-46-36(24-52-2)47-48-37/h3-4,7-8,11-16,21,27,30,33,35,42H,5-6,9-10,17-20,22-24,41H2,1-2H3,(H,43,50)(H,44,51)(H,45,49)(H,46,47,48)/t27?,30?,35-/m0/s1. The molecule has 1 aliphatic carbocycles. The van der Waals surface area contributed by atoms with E-state index in [9.17, 15) is 14.4 Å². The lowest BCUT2D eigenvalue weighted by atomic mass is 9.81. The van der Waals surface area contributed by atoms with E-state index in [0.29, 0.717) is 48.4 Å². The number of carbonyl (C=O) groups excluding carboxylic acids is 3. The fourth-order valence-electron chi connectivity index (χ4n) is 7.14. The van der Waals surface area contributed by atoms with Gasteiger partial charge < -0.3 is 31.7 Å². The minimum absolute atomic E-state index is 0.0437. The molecule has 0 radical (unpaired) electrons. The fourth-order valence-corrected chi connectivity index (χ4v) is 7.14. The predicted molar refractivity (Wildman–Crippen MR) is 201 cm³/mol. The van der Waals surface area contributed by atoms with Gasteiger partial charge in [-0.2, -0.15) is 5.10 Å². The van der Waals surface area contributed by atoms with Gasteiger partial charge in [-0.05, 0) is 130 Å². The van der Waals surface area contributed by atoms with Crippen molar-refractivity contribution in [1.29, 1.82) is 0 Å². The van der Waals surface area contributed by atoms with Crippen LogP contribution < -0.4 is 27.0 Å².